The number of aliphatic hydroxyl groups is 1. The first-order valence-corrected chi connectivity index (χ1v) is 12.7. The number of nitrogens with zero attached hydrogens (tertiary/aromatic N) is 1. The average molecular weight is 520 g/mol. The van der Waals surface area contributed by atoms with Gasteiger partial charge in [0.1, 0.15) is 11.5 Å². The Labute approximate surface area is 219 Å². The van der Waals surface area contributed by atoms with Gasteiger partial charge in [-0.25, -0.2) is 0 Å². The molecule has 1 saturated carbocycles. The van der Waals surface area contributed by atoms with Gasteiger partial charge in [-0.05, 0) is 54.8 Å². The zero-order valence-electron chi connectivity index (χ0n) is 19.9. The second-order valence-corrected chi connectivity index (χ2v) is 10.3. The van der Waals surface area contributed by atoms with Crippen molar-refractivity contribution in [3.63, 3.8) is 0 Å². The fraction of sp³-hybridized carbons (Fsp3) is 0.310. The van der Waals surface area contributed by atoms with Gasteiger partial charge in [0, 0.05) is 11.8 Å². The van der Waals surface area contributed by atoms with Gasteiger partial charge in [0.15, 0.2) is 5.79 Å². The highest BCUT2D eigenvalue weighted by atomic mass is 35.5. The van der Waals surface area contributed by atoms with Crippen LogP contribution in [-0.2, 0) is 14.3 Å². The van der Waals surface area contributed by atoms with Crippen LogP contribution < -0.4 is 9.64 Å². The number of ether oxygens (including phenoxy) is 2. The van der Waals surface area contributed by atoms with Crippen LogP contribution in [0.2, 0.25) is 5.02 Å². The molecule has 3 aromatic rings. The number of amides is 2. The molecule has 7 nitrogen and oxygen atoms in total. The zero-order valence-corrected chi connectivity index (χ0v) is 20.6. The number of phenols is 1. The summed E-state index contributed by atoms with van der Waals surface area (Å²) in [6.07, 6.45) is -0.0742. The summed E-state index contributed by atoms with van der Waals surface area (Å²) in [5, 5.41) is 22.2. The highest BCUT2D eigenvalue weighted by molar-refractivity contribution is 6.31. The Bertz CT molecular complexity index is 1330. The number of fused-ring (bicyclic) bond motifs is 3. The van der Waals surface area contributed by atoms with E-state index >= 15 is 0 Å². The van der Waals surface area contributed by atoms with Gasteiger partial charge in [-0.15, -0.1) is 0 Å². The van der Waals surface area contributed by atoms with E-state index in [0.29, 0.717) is 28.4 Å². The fourth-order valence-corrected chi connectivity index (χ4v) is 6.49. The minimum Gasteiger partial charge on any atom is -0.508 e. The van der Waals surface area contributed by atoms with Crippen LogP contribution in [0.15, 0.2) is 78.9 Å². The number of para-hydroxylation sites is 2. The molecule has 6 atom stereocenters. The number of carbonyl (C=O) groups is 2. The minimum absolute atomic E-state index is 0.0205. The van der Waals surface area contributed by atoms with Crippen LogP contribution in [0.3, 0.4) is 0 Å². The topological polar surface area (TPSA) is 96.3 Å². The molecule has 190 valence electrons. The Morgan fingerprint density at radius 3 is 2.38 bits per heavy atom. The summed E-state index contributed by atoms with van der Waals surface area (Å²) < 4.78 is 12.3. The molecule has 0 spiro atoms. The van der Waals surface area contributed by atoms with Crippen LogP contribution in [0.5, 0.6) is 11.5 Å². The van der Waals surface area contributed by atoms with E-state index in [0.717, 1.165) is 0 Å². The Morgan fingerprint density at radius 2 is 1.68 bits per heavy atom. The number of benzene rings is 3. The van der Waals surface area contributed by atoms with Crippen molar-refractivity contribution < 1.29 is 29.3 Å². The Balaban J connectivity index is 1.37. The van der Waals surface area contributed by atoms with Crippen molar-refractivity contribution in [2.24, 2.45) is 23.7 Å². The molecule has 0 unspecified atom stereocenters. The second kappa shape index (κ2) is 9.17. The van der Waals surface area contributed by atoms with E-state index in [-0.39, 0.29) is 30.6 Å². The molecule has 37 heavy (non-hydrogen) atoms. The molecule has 2 amide bonds. The number of aromatic hydroxyl groups is 1. The summed E-state index contributed by atoms with van der Waals surface area (Å²) in [6, 6.07) is 22.7. The van der Waals surface area contributed by atoms with Gasteiger partial charge in [0.25, 0.3) is 0 Å². The number of hydrogen-bond donors (Lipinski definition) is 2. The first kappa shape index (κ1) is 24.0. The van der Waals surface area contributed by atoms with Crippen molar-refractivity contribution in [2.75, 3.05) is 11.5 Å². The van der Waals surface area contributed by atoms with E-state index in [1.54, 1.807) is 30.3 Å². The third kappa shape index (κ3) is 3.98. The second-order valence-electron chi connectivity index (χ2n) is 9.94. The number of rotatable bonds is 5. The summed E-state index contributed by atoms with van der Waals surface area (Å²) in [5.74, 6) is -4.17. The molecule has 2 N–H and O–H groups in total. The monoisotopic (exact) mass is 519 g/mol. The maximum Gasteiger partial charge on any atom is 0.238 e. The van der Waals surface area contributed by atoms with E-state index in [4.69, 9.17) is 21.1 Å². The van der Waals surface area contributed by atoms with Gasteiger partial charge in [0.05, 0.1) is 35.3 Å². The van der Waals surface area contributed by atoms with Crippen molar-refractivity contribution in [1.29, 1.82) is 0 Å². The minimum atomic E-state index is -1.70. The lowest BCUT2D eigenvalue weighted by Gasteiger charge is -2.44. The third-order valence-electron chi connectivity index (χ3n) is 7.90. The van der Waals surface area contributed by atoms with E-state index < -0.39 is 35.6 Å². The molecular formula is C29H26ClNO6. The van der Waals surface area contributed by atoms with Crippen molar-refractivity contribution in [3.05, 3.63) is 89.4 Å². The van der Waals surface area contributed by atoms with E-state index in [1.807, 2.05) is 36.4 Å². The van der Waals surface area contributed by atoms with Crippen LogP contribution in [-0.4, -0.2) is 34.4 Å². The first-order chi connectivity index (χ1) is 17.9. The molecule has 3 aromatic carbocycles. The summed E-state index contributed by atoms with van der Waals surface area (Å²) in [4.78, 5) is 28.6. The summed E-state index contributed by atoms with van der Waals surface area (Å²) in [7, 11) is 0. The average Bonchev–Trinajstić information content (AvgIpc) is 3.37. The summed E-state index contributed by atoms with van der Waals surface area (Å²) in [6.45, 7) is 0.114. The molecule has 1 aliphatic carbocycles. The number of phenolic OH excluding ortho intramolecular Hbond substituents is 1. The van der Waals surface area contributed by atoms with E-state index in [2.05, 4.69) is 0 Å². The lowest BCUT2D eigenvalue weighted by molar-refractivity contribution is -0.272. The summed E-state index contributed by atoms with van der Waals surface area (Å²) >= 11 is 6.42. The highest BCUT2D eigenvalue weighted by Gasteiger charge is 2.67. The van der Waals surface area contributed by atoms with Gasteiger partial charge in [-0.3, -0.25) is 14.5 Å². The van der Waals surface area contributed by atoms with Gasteiger partial charge in [-0.2, -0.15) is 0 Å². The maximum atomic E-state index is 13.7. The Kier molecular flexibility index (Phi) is 5.94. The molecular weight excluding hydrogens is 494 g/mol. The van der Waals surface area contributed by atoms with Crippen molar-refractivity contribution in [2.45, 2.75) is 24.7 Å². The lowest BCUT2D eigenvalue weighted by Crippen LogP contribution is -2.55. The fourth-order valence-electron chi connectivity index (χ4n) is 6.19. The molecule has 2 heterocycles. The van der Waals surface area contributed by atoms with Crippen LogP contribution in [0.4, 0.5) is 5.69 Å². The standard InChI is InChI=1S/C29H26ClNO6/c30-24-14-19(32)11-12-21(24)25-15-23-26-22(27(33)31(28(26)34)18-7-3-1-4-8-18)13-17(29(23,35)37-25)16-36-20-9-5-2-6-10-20/h1-12,14,17,22-23,25-26,32,35H,13,15-16H2/t17-,22+,23+,25+,26+,29-/m1/s1. The smallest absolute Gasteiger partial charge is 0.238 e. The molecule has 3 fully saturated rings. The SMILES string of the molecule is O=C1[C@H]2[C@H](C[C@H](COc3ccccc3)[C@@]3(O)O[C@H](c4ccc(O)cc4Cl)C[C@@H]23)C(=O)N1c1ccccc1. The van der Waals surface area contributed by atoms with Crippen molar-refractivity contribution in [1.82, 2.24) is 0 Å². The largest absolute Gasteiger partial charge is 0.508 e. The molecule has 0 bridgehead atoms. The molecule has 0 aromatic heterocycles. The van der Waals surface area contributed by atoms with Gasteiger partial charge >= 0.3 is 0 Å². The Hall–Kier alpha value is -3.39. The van der Waals surface area contributed by atoms with Crippen LogP contribution in [0.25, 0.3) is 0 Å². The molecule has 6 rings (SSSR count). The normalized spacial score (nSPS) is 30.8. The van der Waals surface area contributed by atoms with Crippen LogP contribution in [0.1, 0.15) is 24.5 Å². The van der Waals surface area contributed by atoms with E-state index in [9.17, 15) is 19.8 Å². The number of hydrogen-bond acceptors (Lipinski definition) is 6. The predicted molar refractivity (Wildman–Crippen MR) is 136 cm³/mol. The molecule has 0 radical (unpaired) electrons. The highest BCUT2D eigenvalue weighted by Crippen LogP contribution is 2.59. The quantitative estimate of drug-likeness (QED) is 0.474. The van der Waals surface area contributed by atoms with Crippen molar-refractivity contribution in [3.8, 4) is 11.5 Å². The number of anilines is 1. The molecule has 3 aliphatic rings. The zero-order chi connectivity index (χ0) is 25.7. The van der Waals surface area contributed by atoms with Crippen molar-refractivity contribution >= 4 is 29.1 Å². The number of halogens is 1. The Morgan fingerprint density at radius 1 is 0.973 bits per heavy atom. The molecule has 8 heteroatoms. The van der Waals surface area contributed by atoms with Crippen LogP contribution >= 0.6 is 11.6 Å². The third-order valence-corrected chi connectivity index (χ3v) is 8.23. The van der Waals surface area contributed by atoms with Gasteiger partial charge in [0.2, 0.25) is 11.8 Å². The number of imide groups is 1. The van der Waals surface area contributed by atoms with Gasteiger partial charge in [-0.1, -0.05) is 54.1 Å². The van der Waals surface area contributed by atoms with Crippen LogP contribution in [0, 0.1) is 23.7 Å². The van der Waals surface area contributed by atoms with E-state index in [1.165, 1.54) is 17.0 Å². The summed E-state index contributed by atoms with van der Waals surface area (Å²) in [5.41, 5.74) is 1.13. The first-order valence-electron chi connectivity index (χ1n) is 12.4. The van der Waals surface area contributed by atoms with Gasteiger partial charge < -0.3 is 19.7 Å². The maximum absolute atomic E-state index is 13.7. The predicted octanol–water partition coefficient (Wildman–Crippen LogP) is 4.72. The molecule has 2 aliphatic heterocycles. The lowest BCUT2D eigenvalue weighted by atomic mass is 9.64. The number of carbonyl (C=O) groups excluding carboxylic acids is 2. The molecule has 2 saturated heterocycles.